The van der Waals surface area contributed by atoms with E-state index in [0.717, 1.165) is 31.6 Å². The van der Waals surface area contributed by atoms with Gasteiger partial charge in [0, 0.05) is 0 Å². The van der Waals surface area contributed by atoms with Crippen molar-refractivity contribution in [1.29, 1.82) is 0 Å². The van der Waals surface area contributed by atoms with Crippen LogP contribution in [-0.2, 0) is 14.3 Å². The van der Waals surface area contributed by atoms with Crippen LogP contribution in [0.1, 0.15) is 39.5 Å². The molecule has 98 valence electrons. The van der Waals surface area contributed by atoms with Gasteiger partial charge < -0.3 is 9.84 Å². The Morgan fingerprint density at radius 3 is 1.65 bits per heavy atom. The van der Waals surface area contributed by atoms with Crippen LogP contribution in [0.3, 0.4) is 0 Å². The molecule has 0 spiro atoms. The number of esters is 1. The molecule has 0 heterocycles. The number of carbonyl (C=O) groups is 2. The van der Waals surface area contributed by atoms with Gasteiger partial charge in [-0.05, 0) is 37.5 Å². The maximum absolute atomic E-state index is 10.7. The fraction of sp³-hybridized carbons (Fsp3) is 0.846. The maximum atomic E-state index is 10.7. The van der Waals surface area contributed by atoms with Crippen molar-refractivity contribution >= 4 is 11.9 Å². The van der Waals surface area contributed by atoms with Crippen LogP contribution >= 0.6 is 0 Å². The lowest BCUT2D eigenvalue weighted by molar-refractivity contribution is -0.150. The Kier molecular flexibility index (Phi) is 4.97. The molecule has 0 saturated heterocycles. The highest BCUT2D eigenvalue weighted by molar-refractivity contribution is 5.73. The normalized spacial score (nSPS) is 34.5. The summed E-state index contributed by atoms with van der Waals surface area (Å²) >= 11 is 0. The minimum Gasteiger partial charge on any atom is -0.481 e. The molecule has 2 saturated carbocycles. The van der Waals surface area contributed by atoms with Crippen LogP contribution in [0.5, 0.6) is 0 Å². The molecule has 0 atom stereocenters. The highest BCUT2D eigenvalue weighted by Gasteiger charge is 2.32. The van der Waals surface area contributed by atoms with Gasteiger partial charge in [-0.2, -0.15) is 0 Å². The van der Waals surface area contributed by atoms with Crippen molar-refractivity contribution in [2.75, 3.05) is 7.11 Å². The van der Waals surface area contributed by atoms with Gasteiger partial charge in [-0.25, -0.2) is 0 Å². The predicted molar refractivity (Wildman–Crippen MR) is 63.4 cm³/mol. The fourth-order valence-corrected chi connectivity index (χ4v) is 2.37. The van der Waals surface area contributed by atoms with Crippen LogP contribution in [0.25, 0.3) is 0 Å². The minimum absolute atomic E-state index is 0.0231. The molecule has 0 radical (unpaired) electrons. The average molecular weight is 242 g/mol. The molecule has 2 aliphatic carbocycles. The summed E-state index contributed by atoms with van der Waals surface area (Å²) in [7, 11) is 1.45. The summed E-state index contributed by atoms with van der Waals surface area (Å²) in [5, 5.41) is 8.35. The van der Waals surface area contributed by atoms with E-state index in [4.69, 9.17) is 5.11 Å². The van der Waals surface area contributed by atoms with E-state index in [1.807, 2.05) is 0 Å². The Hall–Kier alpha value is -1.06. The second kappa shape index (κ2) is 6.03. The van der Waals surface area contributed by atoms with Crippen molar-refractivity contribution in [3.8, 4) is 0 Å². The number of carboxylic acid groups (broad SMARTS) is 1. The Morgan fingerprint density at radius 2 is 1.41 bits per heavy atom. The van der Waals surface area contributed by atoms with Gasteiger partial charge in [0.05, 0.1) is 18.9 Å². The third kappa shape index (κ3) is 4.02. The molecule has 0 aliphatic heterocycles. The van der Waals surface area contributed by atoms with E-state index in [1.54, 1.807) is 0 Å². The highest BCUT2D eigenvalue weighted by Crippen LogP contribution is 2.33. The van der Waals surface area contributed by atoms with Crippen LogP contribution in [0.2, 0.25) is 0 Å². The largest absolute Gasteiger partial charge is 0.481 e. The average Bonchev–Trinajstić information content (AvgIpc) is 2.20. The molecular formula is C13H22O4. The molecule has 0 bridgehead atoms. The van der Waals surface area contributed by atoms with E-state index >= 15 is 0 Å². The second-order valence-corrected chi connectivity index (χ2v) is 5.41. The summed E-state index contributed by atoms with van der Waals surface area (Å²) in [6.07, 6.45) is 3.81. The molecule has 0 aromatic carbocycles. The number of hydrogen-bond acceptors (Lipinski definition) is 3. The fourth-order valence-electron chi connectivity index (χ4n) is 2.37. The Balaban J connectivity index is 0.000000171. The van der Waals surface area contributed by atoms with Crippen LogP contribution in [0.4, 0.5) is 0 Å². The van der Waals surface area contributed by atoms with E-state index in [-0.39, 0.29) is 17.8 Å². The zero-order valence-electron chi connectivity index (χ0n) is 10.8. The van der Waals surface area contributed by atoms with E-state index in [0.29, 0.717) is 5.92 Å². The molecule has 2 rings (SSSR count). The van der Waals surface area contributed by atoms with Crippen LogP contribution in [-0.4, -0.2) is 24.2 Å². The SMILES string of the molecule is CC1CC(C(=O)O)C1.COC(=O)C1CC(C)C1. The molecular weight excluding hydrogens is 220 g/mol. The number of rotatable bonds is 2. The number of aliphatic carboxylic acids is 1. The first-order chi connectivity index (χ1) is 7.93. The number of carbonyl (C=O) groups excluding carboxylic acids is 1. The van der Waals surface area contributed by atoms with Crippen molar-refractivity contribution in [1.82, 2.24) is 0 Å². The van der Waals surface area contributed by atoms with Crippen LogP contribution in [0, 0.1) is 23.7 Å². The Morgan fingerprint density at radius 1 is 1.00 bits per heavy atom. The van der Waals surface area contributed by atoms with Gasteiger partial charge in [0.2, 0.25) is 0 Å². The van der Waals surface area contributed by atoms with Gasteiger partial charge in [0.15, 0.2) is 0 Å². The first-order valence-corrected chi connectivity index (χ1v) is 6.24. The summed E-state index contributed by atoms with van der Waals surface area (Å²) in [6.45, 7) is 4.23. The quantitative estimate of drug-likeness (QED) is 0.755. The minimum atomic E-state index is -0.622. The number of carboxylic acids is 1. The van der Waals surface area contributed by atoms with Crippen molar-refractivity contribution in [2.45, 2.75) is 39.5 Å². The van der Waals surface area contributed by atoms with Gasteiger partial charge >= 0.3 is 11.9 Å². The third-order valence-corrected chi connectivity index (χ3v) is 3.63. The van der Waals surface area contributed by atoms with E-state index in [9.17, 15) is 9.59 Å². The third-order valence-electron chi connectivity index (χ3n) is 3.63. The van der Waals surface area contributed by atoms with Crippen LogP contribution < -0.4 is 0 Å². The lowest BCUT2D eigenvalue weighted by atomic mass is 9.76. The van der Waals surface area contributed by atoms with Gasteiger partial charge in [-0.15, -0.1) is 0 Å². The molecule has 4 nitrogen and oxygen atoms in total. The van der Waals surface area contributed by atoms with Crippen molar-refractivity contribution < 1.29 is 19.4 Å². The van der Waals surface area contributed by atoms with Gasteiger partial charge in [0.25, 0.3) is 0 Å². The van der Waals surface area contributed by atoms with Crippen LogP contribution in [0.15, 0.2) is 0 Å². The number of hydrogen-bond donors (Lipinski definition) is 1. The van der Waals surface area contributed by atoms with Crippen molar-refractivity contribution in [3.05, 3.63) is 0 Å². The zero-order chi connectivity index (χ0) is 13.0. The zero-order valence-corrected chi connectivity index (χ0v) is 10.8. The molecule has 2 aliphatic rings. The second-order valence-electron chi connectivity index (χ2n) is 5.41. The maximum Gasteiger partial charge on any atom is 0.308 e. The summed E-state index contributed by atoms with van der Waals surface area (Å²) < 4.78 is 4.56. The first-order valence-electron chi connectivity index (χ1n) is 6.24. The van der Waals surface area contributed by atoms with Crippen molar-refractivity contribution in [2.24, 2.45) is 23.7 Å². The Bertz CT molecular complexity index is 275. The highest BCUT2D eigenvalue weighted by atomic mass is 16.5. The molecule has 4 heteroatoms. The first kappa shape index (κ1) is 14.0. The topological polar surface area (TPSA) is 63.6 Å². The number of methoxy groups -OCH3 is 1. The van der Waals surface area contributed by atoms with Crippen molar-refractivity contribution in [3.63, 3.8) is 0 Å². The Labute approximate surface area is 102 Å². The summed E-state index contributed by atoms with van der Waals surface area (Å²) in [5.74, 6) is 0.913. The predicted octanol–water partition coefficient (Wildman–Crippen LogP) is 2.32. The molecule has 2 fully saturated rings. The summed E-state index contributed by atoms with van der Waals surface area (Å²) in [6, 6.07) is 0. The summed E-state index contributed by atoms with van der Waals surface area (Å²) in [5.41, 5.74) is 0. The molecule has 1 N–H and O–H groups in total. The van der Waals surface area contributed by atoms with E-state index in [2.05, 4.69) is 18.6 Å². The lowest BCUT2D eigenvalue weighted by Crippen LogP contribution is -2.29. The lowest BCUT2D eigenvalue weighted by Gasteiger charge is -2.29. The molecule has 0 aromatic heterocycles. The van der Waals surface area contributed by atoms with E-state index in [1.165, 1.54) is 7.11 Å². The molecule has 0 aromatic rings. The van der Waals surface area contributed by atoms with E-state index < -0.39 is 5.97 Å². The monoisotopic (exact) mass is 242 g/mol. The van der Waals surface area contributed by atoms with Gasteiger partial charge in [-0.3, -0.25) is 9.59 Å². The smallest absolute Gasteiger partial charge is 0.308 e. The standard InChI is InChI=1S/C7H12O2.C6H10O2/c1-5-3-6(4-5)7(8)9-2;1-4-2-5(3-4)6(7)8/h5-6H,3-4H2,1-2H3;4-5H,2-3H2,1H3,(H,7,8). The number of ether oxygens (including phenoxy) is 1. The summed E-state index contributed by atoms with van der Waals surface area (Å²) in [4.78, 5) is 20.8. The van der Waals surface area contributed by atoms with Gasteiger partial charge in [-0.1, -0.05) is 13.8 Å². The molecule has 17 heavy (non-hydrogen) atoms. The molecule has 0 unspecified atom stereocenters. The molecule has 0 amide bonds. The van der Waals surface area contributed by atoms with Gasteiger partial charge in [0.1, 0.15) is 0 Å².